The van der Waals surface area contributed by atoms with E-state index in [4.69, 9.17) is 0 Å². The molecule has 0 spiro atoms. The fraction of sp³-hybridized carbons (Fsp3) is 0.391. The number of rotatable bonds is 4. The van der Waals surface area contributed by atoms with Gasteiger partial charge in [-0.15, -0.1) is 0 Å². The SMILES string of the molecule is CC(=O)N1c2ccc(S(=O)(=O)N3CCCC3)cc2C[C@@H]1C(=O)Nc1cccc(C)c1C. The average molecular weight is 442 g/mol. The fourth-order valence-electron chi connectivity index (χ4n) is 4.37. The molecule has 8 heteroatoms. The number of benzene rings is 2. The van der Waals surface area contributed by atoms with Crippen LogP contribution in [0.4, 0.5) is 11.4 Å². The van der Waals surface area contributed by atoms with Gasteiger partial charge in [-0.05, 0) is 67.6 Å². The van der Waals surface area contributed by atoms with Gasteiger partial charge in [0.1, 0.15) is 6.04 Å². The Kier molecular flexibility index (Phi) is 5.61. The number of aryl methyl sites for hydroxylation is 1. The number of fused-ring (bicyclic) bond motifs is 1. The third kappa shape index (κ3) is 3.85. The monoisotopic (exact) mass is 441 g/mol. The van der Waals surface area contributed by atoms with E-state index in [0.717, 1.165) is 24.0 Å². The molecule has 2 aromatic carbocycles. The molecule has 2 heterocycles. The second-order valence-electron chi connectivity index (χ2n) is 8.25. The third-order valence-electron chi connectivity index (χ3n) is 6.24. The van der Waals surface area contributed by atoms with Crippen LogP contribution in [0.15, 0.2) is 41.3 Å². The molecule has 4 rings (SSSR count). The number of nitrogens with zero attached hydrogens (tertiary/aromatic N) is 2. The number of anilines is 2. The highest BCUT2D eigenvalue weighted by molar-refractivity contribution is 7.89. The van der Waals surface area contributed by atoms with Crippen LogP contribution in [0.3, 0.4) is 0 Å². The van der Waals surface area contributed by atoms with Gasteiger partial charge in [-0.25, -0.2) is 8.42 Å². The lowest BCUT2D eigenvalue weighted by Gasteiger charge is -2.24. The van der Waals surface area contributed by atoms with Crippen LogP contribution in [0.5, 0.6) is 0 Å². The Morgan fingerprint density at radius 3 is 2.45 bits per heavy atom. The highest BCUT2D eigenvalue weighted by Gasteiger charge is 2.38. The molecule has 164 valence electrons. The Hall–Kier alpha value is -2.71. The summed E-state index contributed by atoms with van der Waals surface area (Å²) in [5.74, 6) is -0.543. The normalized spacial score (nSPS) is 18.8. The molecule has 1 atom stereocenters. The molecule has 7 nitrogen and oxygen atoms in total. The summed E-state index contributed by atoms with van der Waals surface area (Å²) in [7, 11) is -3.57. The summed E-state index contributed by atoms with van der Waals surface area (Å²) in [4.78, 5) is 27.2. The standard InChI is InChI=1S/C23H27N3O4S/c1-15-7-6-8-20(16(15)2)24-23(28)22-14-18-13-19(9-10-21(18)26(22)17(3)27)31(29,30)25-11-4-5-12-25/h6-10,13,22H,4-5,11-12,14H2,1-3H3,(H,24,28)/t22-/m1/s1. The minimum absolute atomic E-state index is 0.215. The van der Waals surface area contributed by atoms with E-state index in [9.17, 15) is 18.0 Å². The molecule has 0 aliphatic carbocycles. The predicted molar refractivity (Wildman–Crippen MR) is 120 cm³/mol. The maximum atomic E-state index is 13.1. The number of carbonyl (C=O) groups is 2. The van der Waals surface area contributed by atoms with Gasteiger partial charge in [0, 0.05) is 37.8 Å². The van der Waals surface area contributed by atoms with E-state index in [1.807, 2.05) is 32.0 Å². The largest absolute Gasteiger partial charge is 0.324 e. The number of sulfonamides is 1. The van der Waals surface area contributed by atoms with Crippen LogP contribution < -0.4 is 10.2 Å². The molecular formula is C23H27N3O4S. The first-order valence-corrected chi connectivity index (χ1v) is 11.9. The average Bonchev–Trinajstić information content (AvgIpc) is 3.39. The fourth-order valence-corrected chi connectivity index (χ4v) is 5.94. The second-order valence-corrected chi connectivity index (χ2v) is 10.2. The molecule has 0 aromatic heterocycles. The molecular weight excluding hydrogens is 414 g/mol. The summed E-state index contributed by atoms with van der Waals surface area (Å²) in [5, 5.41) is 2.94. The van der Waals surface area contributed by atoms with E-state index in [-0.39, 0.29) is 23.1 Å². The zero-order valence-electron chi connectivity index (χ0n) is 18.0. The lowest BCUT2D eigenvalue weighted by Crippen LogP contribution is -2.44. The van der Waals surface area contributed by atoms with Crippen molar-refractivity contribution >= 4 is 33.2 Å². The van der Waals surface area contributed by atoms with Gasteiger partial charge in [0.05, 0.1) is 4.90 Å². The van der Waals surface area contributed by atoms with Crippen molar-refractivity contribution in [1.29, 1.82) is 0 Å². The van der Waals surface area contributed by atoms with Crippen molar-refractivity contribution in [1.82, 2.24) is 4.31 Å². The van der Waals surface area contributed by atoms with Crippen molar-refractivity contribution in [2.45, 2.75) is 51.0 Å². The molecule has 31 heavy (non-hydrogen) atoms. The minimum Gasteiger partial charge on any atom is -0.324 e. The second kappa shape index (κ2) is 8.09. The van der Waals surface area contributed by atoms with E-state index in [1.54, 1.807) is 12.1 Å². The summed E-state index contributed by atoms with van der Waals surface area (Å²) in [6.07, 6.45) is 2.00. The molecule has 0 saturated carbocycles. The highest BCUT2D eigenvalue weighted by Crippen LogP contribution is 2.36. The number of hydrogen-bond acceptors (Lipinski definition) is 4. The topological polar surface area (TPSA) is 86.8 Å². The summed E-state index contributed by atoms with van der Waals surface area (Å²) in [5.41, 5.74) is 4.03. The molecule has 2 aromatic rings. The van der Waals surface area contributed by atoms with Gasteiger partial charge < -0.3 is 5.32 Å². The first-order chi connectivity index (χ1) is 14.7. The molecule has 2 amide bonds. The Bertz CT molecular complexity index is 1150. The van der Waals surface area contributed by atoms with Crippen LogP contribution >= 0.6 is 0 Å². The maximum absolute atomic E-state index is 13.1. The van der Waals surface area contributed by atoms with Gasteiger partial charge in [0.2, 0.25) is 21.8 Å². The van der Waals surface area contributed by atoms with Crippen molar-refractivity contribution in [3.8, 4) is 0 Å². The summed E-state index contributed by atoms with van der Waals surface area (Å²) >= 11 is 0. The predicted octanol–water partition coefficient (Wildman–Crippen LogP) is 3.00. The highest BCUT2D eigenvalue weighted by atomic mass is 32.2. The molecule has 1 saturated heterocycles. The first-order valence-electron chi connectivity index (χ1n) is 10.5. The van der Waals surface area contributed by atoms with Crippen molar-refractivity contribution < 1.29 is 18.0 Å². The number of carbonyl (C=O) groups excluding carboxylic acids is 2. The van der Waals surface area contributed by atoms with Crippen molar-refractivity contribution in [2.75, 3.05) is 23.3 Å². The van der Waals surface area contributed by atoms with Crippen molar-refractivity contribution in [3.63, 3.8) is 0 Å². The Morgan fingerprint density at radius 2 is 1.77 bits per heavy atom. The van der Waals surface area contributed by atoms with Crippen molar-refractivity contribution in [3.05, 3.63) is 53.1 Å². The van der Waals surface area contributed by atoms with Gasteiger partial charge in [-0.2, -0.15) is 4.31 Å². The van der Waals surface area contributed by atoms with Gasteiger partial charge in [-0.1, -0.05) is 12.1 Å². The molecule has 1 N–H and O–H groups in total. The van der Waals surface area contributed by atoms with E-state index < -0.39 is 16.1 Å². The van der Waals surface area contributed by atoms with Crippen LogP contribution in [0.2, 0.25) is 0 Å². The van der Waals surface area contributed by atoms with Crippen molar-refractivity contribution in [2.24, 2.45) is 0 Å². The van der Waals surface area contributed by atoms with Crippen LogP contribution in [0.25, 0.3) is 0 Å². The lowest BCUT2D eigenvalue weighted by molar-refractivity contribution is -0.122. The van der Waals surface area contributed by atoms with Gasteiger partial charge in [-0.3, -0.25) is 14.5 Å². The van der Waals surface area contributed by atoms with E-state index >= 15 is 0 Å². The Morgan fingerprint density at radius 1 is 1.06 bits per heavy atom. The Labute approximate surface area is 183 Å². The van der Waals surface area contributed by atoms with E-state index in [0.29, 0.717) is 30.0 Å². The smallest absolute Gasteiger partial charge is 0.247 e. The lowest BCUT2D eigenvalue weighted by atomic mass is 10.1. The van der Waals surface area contributed by atoms with Gasteiger partial charge in [0.15, 0.2) is 0 Å². The summed E-state index contributed by atoms with van der Waals surface area (Å²) in [6, 6.07) is 9.75. The summed E-state index contributed by atoms with van der Waals surface area (Å²) in [6.45, 7) is 6.38. The number of nitrogens with one attached hydrogen (secondary N) is 1. The summed E-state index contributed by atoms with van der Waals surface area (Å²) < 4.78 is 27.4. The zero-order valence-corrected chi connectivity index (χ0v) is 18.8. The number of amides is 2. The zero-order chi connectivity index (χ0) is 22.3. The minimum atomic E-state index is -3.57. The number of hydrogen-bond donors (Lipinski definition) is 1. The van der Waals surface area contributed by atoms with Crippen LogP contribution in [-0.4, -0.2) is 43.7 Å². The molecule has 2 aliphatic rings. The Balaban J connectivity index is 1.63. The molecule has 2 aliphatic heterocycles. The van der Waals surface area contributed by atoms with E-state index in [1.165, 1.54) is 22.2 Å². The molecule has 0 bridgehead atoms. The maximum Gasteiger partial charge on any atom is 0.247 e. The third-order valence-corrected chi connectivity index (χ3v) is 8.14. The van der Waals surface area contributed by atoms with Crippen LogP contribution in [0.1, 0.15) is 36.5 Å². The van der Waals surface area contributed by atoms with E-state index in [2.05, 4.69) is 5.32 Å². The van der Waals surface area contributed by atoms with Gasteiger partial charge in [0.25, 0.3) is 0 Å². The molecule has 1 fully saturated rings. The van der Waals surface area contributed by atoms with Crippen LogP contribution in [-0.2, 0) is 26.0 Å². The first kappa shape index (κ1) is 21.5. The molecule has 0 radical (unpaired) electrons. The van der Waals surface area contributed by atoms with Crippen LogP contribution in [0, 0.1) is 13.8 Å². The quantitative estimate of drug-likeness (QED) is 0.790. The van der Waals surface area contributed by atoms with Gasteiger partial charge >= 0.3 is 0 Å². The molecule has 0 unspecified atom stereocenters.